The summed E-state index contributed by atoms with van der Waals surface area (Å²) in [6.07, 6.45) is 0. The summed E-state index contributed by atoms with van der Waals surface area (Å²) in [5.41, 5.74) is 5.21. The first-order chi connectivity index (χ1) is 23.9. The molecular weight excluding hydrogens is 520 g/mol. The Kier molecular flexibility index (Phi) is 4.11. The van der Waals surface area contributed by atoms with Crippen LogP contribution < -0.4 is 0 Å². The fraction of sp³-hybridized carbons (Fsp3) is 0. The zero-order valence-electron chi connectivity index (χ0n) is 29.0. The number of benzene rings is 8. The number of furan rings is 1. The molecule has 0 atom stereocenters. The number of fused-ring (bicyclic) bond motifs is 6. The summed E-state index contributed by atoms with van der Waals surface area (Å²) in [5, 5.41) is 5.51. The molecular formula is C42H26O. The molecule has 0 aliphatic carbocycles. The van der Waals surface area contributed by atoms with Crippen LogP contribution in [0.25, 0.3) is 87.6 Å². The molecule has 0 fully saturated rings. The molecule has 0 saturated heterocycles. The summed E-state index contributed by atoms with van der Waals surface area (Å²) < 4.78 is 61.6. The van der Waals surface area contributed by atoms with E-state index >= 15 is 0 Å². The van der Waals surface area contributed by atoms with Gasteiger partial charge in [-0.15, -0.1) is 0 Å². The van der Waals surface area contributed by atoms with E-state index in [-0.39, 0.29) is 58.2 Å². The predicted molar refractivity (Wildman–Crippen MR) is 183 cm³/mol. The molecule has 0 spiro atoms. The Morgan fingerprint density at radius 1 is 0.395 bits per heavy atom. The van der Waals surface area contributed by atoms with Crippen molar-refractivity contribution in [1.29, 1.82) is 0 Å². The monoisotopic (exact) mass is 552 g/mol. The van der Waals surface area contributed by atoms with Gasteiger partial charge in [-0.05, 0) is 89.9 Å². The molecule has 200 valence electrons. The van der Waals surface area contributed by atoms with Gasteiger partial charge in [0.1, 0.15) is 11.2 Å². The van der Waals surface area contributed by atoms with Crippen molar-refractivity contribution in [2.45, 2.75) is 0 Å². The Labute approximate surface area is 257 Å². The smallest absolute Gasteiger partial charge is 0.136 e. The van der Waals surface area contributed by atoms with Crippen LogP contribution in [0, 0.1) is 0 Å². The molecule has 1 heteroatoms. The summed E-state index contributed by atoms with van der Waals surface area (Å²) >= 11 is 0. The number of hydrogen-bond acceptors (Lipinski definition) is 1. The quantitative estimate of drug-likeness (QED) is 0.199. The van der Waals surface area contributed by atoms with Crippen LogP contribution in [0.5, 0.6) is 0 Å². The third-order valence-electron chi connectivity index (χ3n) is 8.29. The van der Waals surface area contributed by atoms with Gasteiger partial charge in [-0.25, -0.2) is 0 Å². The summed E-state index contributed by atoms with van der Waals surface area (Å²) in [6.45, 7) is 0. The molecule has 0 unspecified atom stereocenters. The van der Waals surface area contributed by atoms with Gasteiger partial charge in [0.25, 0.3) is 0 Å². The minimum absolute atomic E-state index is 0.0394. The van der Waals surface area contributed by atoms with Gasteiger partial charge < -0.3 is 4.42 Å². The van der Waals surface area contributed by atoms with Crippen molar-refractivity contribution in [1.82, 2.24) is 0 Å². The number of hydrogen-bond donors (Lipinski definition) is 0. The Morgan fingerprint density at radius 2 is 0.930 bits per heavy atom. The van der Waals surface area contributed by atoms with E-state index in [1.165, 1.54) is 0 Å². The van der Waals surface area contributed by atoms with Crippen molar-refractivity contribution >= 4 is 54.3 Å². The lowest BCUT2D eigenvalue weighted by Crippen LogP contribution is -1.91. The number of para-hydroxylation sites is 1. The first-order valence-electron chi connectivity index (χ1n) is 17.3. The van der Waals surface area contributed by atoms with Gasteiger partial charge in [0.15, 0.2) is 0 Å². The maximum absolute atomic E-state index is 9.57. The highest BCUT2D eigenvalue weighted by Crippen LogP contribution is 2.47. The van der Waals surface area contributed by atoms with Gasteiger partial charge in [-0.2, -0.15) is 0 Å². The molecule has 0 bridgehead atoms. The van der Waals surface area contributed by atoms with Crippen LogP contribution >= 0.6 is 0 Å². The average molecular weight is 553 g/mol. The summed E-state index contributed by atoms with van der Waals surface area (Å²) in [5.74, 6) is 0. The van der Waals surface area contributed by atoms with Gasteiger partial charge in [0.2, 0.25) is 0 Å². The van der Waals surface area contributed by atoms with Crippen molar-refractivity contribution < 1.29 is 12.6 Å². The molecule has 1 nitrogen and oxygen atoms in total. The normalized spacial score (nSPS) is 13.7. The molecule has 43 heavy (non-hydrogen) atoms. The van der Waals surface area contributed by atoms with Crippen LogP contribution in [0.15, 0.2) is 162 Å². The van der Waals surface area contributed by atoms with Gasteiger partial charge >= 0.3 is 0 Å². The fourth-order valence-electron chi connectivity index (χ4n) is 6.42. The highest BCUT2D eigenvalue weighted by Gasteiger charge is 2.20. The minimum Gasteiger partial charge on any atom is -0.456 e. The van der Waals surface area contributed by atoms with Crippen molar-refractivity contribution in [2.24, 2.45) is 0 Å². The summed E-state index contributed by atoms with van der Waals surface area (Å²) in [4.78, 5) is 0. The van der Waals surface area contributed by atoms with E-state index in [4.69, 9.17) is 8.53 Å². The van der Waals surface area contributed by atoms with E-state index in [0.29, 0.717) is 11.1 Å². The second-order valence-corrected chi connectivity index (χ2v) is 10.7. The summed E-state index contributed by atoms with van der Waals surface area (Å²) in [7, 11) is 0. The molecule has 1 heterocycles. The van der Waals surface area contributed by atoms with Gasteiger partial charge in [-0.3, -0.25) is 0 Å². The molecule has 9 rings (SSSR count). The molecule has 9 aromatic rings. The summed E-state index contributed by atoms with van der Waals surface area (Å²) in [6, 6.07) is 37.8. The van der Waals surface area contributed by atoms with Crippen molar-refractivity contribution in [3.8, 4) is 33.4 Å². The van der Waals surface area contributed by atoms with E-state index in [2.05, 4.69) is 12.1 Å². The van der Waals surface area contributed by atoms with E-state index < -0.39 is 0 Å². The second-order valence-electron chi connectivity index (χ2n) is 10.7. The zero-order chi connectivity index (χ0) is 33.6. The van der Waals surface area contributed by atoms with Gasteiger partial charge in [0, 0.05) is 10.8 Å². The molecule has 0 saturated carbocycles. The lowest BCUT2D eigenvalue weighted by atomic mass is 9.84. The van der Waals surface area contributed by atoms with Gasteiger partial charge in [-0.1, -0.05) is 133 Å². The minimum atomic E-state index is -0.233. The number of rotatable bonds is 3. The van der Waals surface area contributed by atoms with Gasteiger partial charge in [0.05, 0.1) is 8.22 Å². The standard InChI is InChI=1S/C42H26O/c1-2-11-27(12-3-1)28-21-22-30-26-31(24-23-29(30)25-28)40-32-13-4-6-15-34(32)41(35-16-7-5-14-33(35)40)37-18-10-20-39-42(37)36-17-8-9-19-38(36)43-39/h1-26H/i21D,22D,23D,24D,25D,26D. The molecule has 1 aromatic heterocycles. The fourth-order valence-corrected chi connectivity index (χ4v) is 6.42. The molecule has 0 aliphatic heterocycles. The van der Waals surface area contributed by atoms with Crippen LogP contribution in [0.4, 0.5) is 0 Å². The highest BCUT2D eigenvalue weighted by molar-refractivity contribution is 6.25. The first kappa shape index (κ1) is 18.7. The molecule has 0 radical (unpaired) electrons. The lowest BCUT2D eigenvalue weighted by Gasteiger charge is -2.18. The predicted octanol–water partition coefficient (Wildman–Crippen LogP) is 12.0. The molecule has 0 amide bonds. The lowest BCUT2D eigenvalue weighted by molar-refractivity contribution is 0.669. The first-order valence-corrected chi connectivity index (χ1v) is 14.3. The topological polar surface area (TPSA) is 13.1 Å². The zero-order valence-corrected chi connectivity index (χ0v) is 23.0. The van der Waals surface area contributed by atoms with Crippen LogP contribution in [0.1, 0.15) is 8.22 Å². The van der Waals surface area contributed by atoms with Crippen LogP contribution in [-0.4, -0.2) is 0 Å². The van der Waals surface area contributed by atoms with E-state index in [9.17, 15) is 4.11 Å². The molecule has 8 aromatic carbocycles. The third kappa shape index (κ3) is 3.72. The Hall–Kier alpha value is -5.66. The Balaban J connectivity index is 1.43. The maximum atomic E-state index is 9.57. The highest BCUT2D eigenvalue weighted by atomic mass is 16.3. The van der Waals surface area contributed by atoms with Crippen molar-refractivity contribution in [2.75, 3.05) is 0 Å². The Bertz CT molecular complexity index is 2780. The van der Waals surface area contributed by atoms with Crippen LogP contribution in [0.3, 0.4) is 0 Å². The van der Waals surface area contributed by atoms with E-state index in [1.807, 2.05) is 84.9 Å². The SMILES string of the molecule is [2H]c1c(-c2c3ccccc3c(-c3cccc4oc5ccccc5c34)c3ccccc23)c([2H])c2c([2H])c([2H])c(-c3ccccc3)c([2H])c2c1[2H]. The van der Waals surface area contributed by atoms with Crippen molar-refractivity contribution in [3.05, 3.63) is 158 Å². The molecule has 0 aliphatic rings. The van der Waals surface area contributed by atoms with E-state index in [1.54, 1.807) is 24.3 Å². The van der Waals surface area contributed by atoms with Crippen LogP contribution in [-0.2, 0) is 0 Å². The maximum Gasteiger partial charge on any atom is 0.136 e. The third-order valence-corrected chi connectivity index (χ3v) is 8.29. The van der Waals surface area contributed by atoms with Crippen molar-refractivity contribution in [3.63, 3.8) is 0 Å². The second kappa shape index (κ2) is 9.44. The largest absolute Gasteiger partial charge is 0.456 e. The van der Waals surface area contributed by atoms with Crippen LogP contribution in [0.2, 0.25) is 0 Å². The van der Waals surface area contributed by atoms with E-state index in [0.717, 1.165) is 54.6 Å². The average Bonchev–Trinajstić information content (AvgIpc) is 3.52. The Morgan fingerprint density at radius 3 is 1.63 bits per heavy atom. The molecule has 0 N–H and O–H groups in total.